The smallest absolute Gasteiger partial charge is 0.322 e. The number of hydrogen-bond donors (Lipinski definition) is 1. The number of carbonyl (C=O) groups excluding carboxylic acids is 2. The molecular weight excluding hydrogens is 412 g/mol. The first-order chi connectivity index (χ1) is 16.0. The van der Waals surface area contributed by atoms with Crippen molar-refractivity contribution in [3.8, 4) is 0 Å². The van der Waals surface area contributed by atoms with Crippen molar-refractivity contribution < 1.29 is 9.59 Å². The Morgan fingerprint density at radius 1 is 0.939 bits per heavy atom. The molecule has 172 valence electrons. The molecule has 2 aromatic carbocycles. The van der Waals surface area contributed by atoms with Crippen molar-refractivity contribution in [2.75, 3.05) is 11.9 Å². The molecule has 0 atom stereocenters. The second kappa shape index (κ2) is 10.4. The number of amides is 3. The minimum absolute atomic E-state index is 0.0524. The van der Waals surface area contributed by atoms with Gasteiger partial charge in [-0.1, -0.05) is 49.4 Å². The first-order valence-corrected chi connectivity index (χ1v) is 11.6. The molecule has 0 spiro atoms. The van der Waals surface area contributed by atoms with Gasteiger partial charge in [-0.25, -0.2) is 4.79 Å². The van der Waals surface area contributed by atoms with Crippen LogP contribution in [0.1, 0.15) is 36.6 Å². The molecule has 1 fully saturated rings. The van der Waals surface area contributed by atoms with Crippen LogP contribution in [0.5, 0.6) is 0 Å². The second-order valence-electron chi connectivity index (χ2n) is 8.69. The molecule has 6 heteroatoms. The summed E-state index contributed by atoms with van der Waals surface area (Å²) in [6.45, 7) is 3.17. The number of rotatable bonds is 9. The molecule has 1 heterocycles. The molecule has 1 saturated carbocycles. The summed E-state index contributed by atoms with van der Waals surface area (Å²) in [5, 5.41) is 2.98. The average Bonchev–Trinajstić information content (AvgIpc) is 3.59. The summed E-state index contributed by atoms with van der Waals surface area (Å²) in [4.78, 5) is 30.1. The lowest BCUT2D eigenvalue weighted by molar-refractivity contribution is -0.133. The molecule has 1 aliphatic carbocycles. The van der Waals surface area contributed by atoms with E-state index in [0.717, 1.165) is 36.2 Å². The van der Waals surface area contributed by atoms with Gasteiger partial charge >= 0.3 is 6.03 Å². The van der Waals surface area contributed by atoms with Crippen molar-refractivity contribution in [2.24, 2.45) is 7.05 Å². The average molecular weight is 445 g/mol. The number of benzene rings is 2. The third-order valence-electron chi connectivity index (χ3n) is 6.14. The number of aromatic nitrogens is 1. The monoisotopic (exact) mass is 444 g/mol. The Balaban J connectivity index is 1.47. The van der Waals surface area contributed by atoms with E-state index in [1.54, 1.807) is 4.90 Å². The third kappa shape index (κ3) is 6.04. The highest BCUT2D eigenvalue weighted by Gasteiger charge is 2.35. The Morgan fingerprint density at radius 2 is 1.67 bits per heavy atom. The topological polar surface area (TPSA) is 57.6 Å². The molecule has 0 radical (unpaired) electrons. The number of hydrogen-bond acceptors (Lipinski definition) is 2. The molecule has 0 saturated heterocycles. The third-order valence-corrected chi connectivity index (χ3v) is 6.14. The molecule has 0 aliphatic heterocycles. The summed E-state index contributed by atoms with van der Waals surface area (Å²) in [6.07, 6.45) is 4.81. The van der Waals surface area contributed by atoms with Crippen LogP contribution in [0, 0.1) is 0 Å². The SMILES string of the molecule is CCc1ccc(NC(=O)N(CC(=O)N(Cc2ccccc2)Cc2cccn2C)C2CC2)cc1. The van der Waals surface area contributed by atoms with Crippen LogP contribution >= 0.6 is 0 Å². The second-order valence-corrected chi connectivity index (χ2v) is 8.69. The highest BCUT2D eigenvalue weighted by Crippen LogP contribution is 2.28. The van der Waals surface area contributed by atoms with Gasteiger partial charge in [0.25, 0.3) is 0 Å². The van der Waals surface area contributed by atoms with Crippen molar-refractivity contribution in [1.29, 1.82) is 0 Å². The number of nitrogens with one attached hydrogen (secondary N) is 1. The van der Waals surface area contributed by atoms with Crippen LogP contribution < -0.4 is 5.32 Å². The highest BCUT2D eigenvalue weighted by atomic mass is 16.2. The molecule has 1 aliphatic rings. The van der Waals surface area contributed by atoms with E-state index < -0.39 is 0 Å². The van der Waals surface area contributed by atoms with Gasteiger partial charge in [0.2, 0.25) is 5.91 Å². The minimum atomic E-state index is -0.214. The minimum Gasteiger partial charge on any atom is -0.353 e. The number of nitrogens with zero attached hydrogens (tertiary/aromatic N) is 3. The Labute approximate surface area is 195 Å². The van der Waals surface area contributed by atoms with E-state index in [1.165, 1.54) is 5.56 Å². The normalized spacial score (nSPS) is 12.9. The summed E-state index contributed by atoms with van der Waals surface area (Å²) in [5.74, 6) is -0.0524. The van der Waals surface area contributed by atoms with Crippen molar-refractivity contribution in [2.45, 2.75) is 45.3 Å². The van der Waals surface area contributed by atoms with E-state index in [0.29, 0.717) is 13.1 Å². The zero-order valence-corrected chi connectivity index (χ0v) is 19.4. The van der Waals surface area contributed by atoms with Crippen molar-refractivity contribution >= 4 is 17.6 Å². The molecule has 0 unspecified atom stereocenters. The van der Waals surface area contributed by atoms with E-state index in [2.05, 4.69) is 12.2 Å². The fraction of sp³-hybridized carbons (Fsp3) is 0.333. The first kappa shape index (κ1) is 22.6. The van der Waals surface area contributed by atoms with Gasteiger partial charge in [-0.2, -0.15) is 0 Å². The maximum absolute atomic E-state index is 13.5. The Kier molecular flexibility index (Phi) is 7.13. The van der Waals surface area contributed by atoms with Gasteiger partial charge in [0, 0.05) is 37.2 Å². The lowest BCUT2D eigenvalue weighted by Crippen LogP contribution is -2.45. The van der Waals surface area contributed by atoms with Crippen molar-refractivity contribution in [1.82, 2.24) is 14.4 Å². The van der Waals surface area contributed by atoms with E-state index in [-0.39, 0.29) is 24.5 Å². The van der Waals surface area contributed by atoms with Crippen LogP contribution in [0.3, 0.4) is 0 Å². The van der Waals surface area contributed by atoms with E-state index in [4.69, 9.17) is 0 Å². The van der Waals surface area contributed by atoms with E-state index >= 15 is 0 Å². The van der Waals surface area contributed by atoms with Gasteiger partial charge in [0.15, 0.2) is 0 Å². The summed E-state index contributed by atoms with van der Waals surface area (Å²) in [5.41, 5.74) is 4.09. The van der Waals surface area contributed by atoms with Crippen LogP contribution in [-0.2, 0) is 31.4 Å². The molecular formula is C27H32N4O2. The molecule has 33 heavy (non-hydrogen) atoms. The molecule has 1 aromatic heterocycles. The Bertz CT molecular complexity index is 1070. The van der Waals surface area contributed by atoms with Crippen molar-refractivity contribution in [3.63, 3.8) is 0 Å². The number of anilines is 1. The van der Waals surface area contributed by atoms with Crippen molar-refractivity contribution in [3.05, 3.63) is 89.7 Å². The van der Waals surface area contributed by atoms with Gasteiger partial charge in [-0.3, -0.25) is 4.79 Å². The first-order valence-electron chi connectivity index (χ1n) is 11.6. The van der Waals surface area contributed by atoms with Gasteiger partial charge in [0.1, 0.15) is 6.54 Å². The fourth-order valence-corrected chi connectivity index (χ4v) is 3.91. The fourth-order valence-electron chi connectivity index (χ4n) is 3.91. The molecule has 3 aromatic rings. The van der Waals surface area contributed by atoms with Crippen LogP contribution in [0.2, 0.25) is 0 Å². The van der Waals surface area contributed by atoms with Crippen LogP contribution in [0.15, 0.2) is 72.9 Å². The Morgan fingerprint density at radius 3 is 2.27 bits per heavy atom. The standard InChI is InChI=1S/C27H32N4O2/c1-3-21-11-13-23(14-12-21)28-27(33)31(24-15-16-24)20-26(32)30(18-22-8-5-4-6-9-22)19-25-10-7-17-29(25)2/h4-14,17,24H,3,15-16,18-20H2,1-2H3,(H,28,33). The quantitative estimate of drug-likeness (QED) is 0.515. The summed E-state index contributed by atoms with van der Waals surface area (Å²) in [6, 6.07) is 21.8. The summed E-state index contributed by atoms with van der Waals surface area (Å²) in [7, 11) is 1.98. The lowest BCUT2D eigenvalue weighted by Gasteiger charge is -2.28. The van der Waals surface area contributed by atoms with E-state index in [1.807, 2.05) is 89.4 Å². The van der Waals surface area contributed by atoms with Crippen LogP contribution in [0.25, 0.3) is 0 Å². The van der Waals surface area contributed by atoms with Gasteiger partial charge in [-0.15, -0.1) is 0 Å². The number of carbonyl (C=O) groups is 2. The predicted octanol–water partition coefficient (Wildman–Crippen LogP) is 4.81. The molecule has 0 bridgehead atoms. The number of urea groups is 1. The Hall–Kier alpha value is -3.54. The zero-order valence-electron chi connectivity index (χ0n) is 19.4. The molecule has 1 N–H and O–H groups in total. The van der Waals surface area contributed by atoms with Gasteiger partial charge < -0.3 is 19.7 Å². The lowest BCUT2D eigenvalue weighted by atomic mass is 10.1. The van der Waals surface area contributed by atoms with Gasteiger partial charge in [0.05, 0.1) is 6.54 Å². The predicted molar refractivity (Wildman–Crippen MR) is 131 cm³/mol. The maximum atomic E-state index is 13.5. The summed E-state index contributed by atoms with van der Waals surface area (Å²) < 4.78 is 2.02. The molecule has 3 amide bonds. The van der Waals surface area contributed by atoms with Gasteiger partial charge in [-0.05, 0) is 54.7 Å². The largest absolute Gasteiger partial charge is 0.353 e. The zero-order chi connectivity index (χ0) is 23.2. The molecule has 4 rings (SSSR count). The van der Waals surface area contributed by atoms with E-state index in [9.17, 15) is 9.59 Å². The molecule has 6 nitrogen and oxygen atoms in total. The highest BCUT2D eigenvalue weighted by molar-refractivity contribution is 5.92. The van der Waals surface area contributed by atoms with Crippen LogP contribution in [-0.4, -0.2) is 38.9 Å². The van der Waals surface area contributed by atoms with Crippen LogP contribution in [0.4, 0.5) is 10.5 Å². The number of aryl methyl sites for hydroxylation is 2. The maximum Gasteiger partial charge on any atom is 0.322 e. The summed E-state index contributed by atoms with van der Waals surface area (Å²) >= 11 is 0.